The largest absolute Gasteiger partial charge is 0.377 e. The summed E-state index contributed by atoms with van der Waals surface area (Å²) in [4.78, 5) is 27.0. The normalized spacial score (nSPS) is 14.4. The van der Waals surface area contributed by atoms with Gasteiger partial charge in [0, 0.05) is 26.0 Å². The Morgan fingerprint density at radius 1 is 1.10 bits per heavy atom. The van der Waals surface area contributed by atoms with E-state index >= 15 is 0 Å². The molecular formula is C23H40N2O4. The molecule has 1 heterocycles. The highest BCUT2D eigenvalue weighted by Crippen LogP contribution is 2.26. The summed E-state index contributed by atoms with van der Waals surface area (Å²) in [6.45, 7) is 10.0. The minimum atomic E-state index is -0.183. The molecule has 1 N–H and O–H groups in total. The van der Waals surface area contributed by atoms with Crippen molar-refractivity contribution >= 4 is 11.7 Å². The second kappa shape index (κ2) is 15.1. The summed E-state index contributed by atoms with van der Waals surface area (Å²) in [5.41, 5.74) is 0.417. The van der Waals surface area contributed by atoms with Crippen LogP contribution in [0.1, 0.15) is 71.7 Å². The van der Waals surface area contributed by atoms with Crippen LogP contribution in [0.4, 0.5) is 0 Å². The van der Waals surface area contributed by atoms with Crippen molar-refractivity contribution in [1.29, 1.82) is 0 Å². The Bertz CT molecular complexity index is 576. The van der Waals surface area contributed by atoms with Crippen LogP contribution in [0.3, 0.4) is 0 Å². The van der Waals surface area contributed by atoms with Crippen LogP contribution in [0.5, 0.6) is 0 Å². The van der Waals surface area contributed by atoms with E-state index in [0.717, 1.165) is 12.8 Å². The molecule has 1 aliphatic rings. The predicted octanol–water partition coefficient (Wildman–Crippen LogP) is 4.29. The first-order chi connectivity index (χ1) is 13.9. The van der Waals surface area contributed by atoms with Crippen LogP contribution in [-0.4, -0.2) is 49.1 Å². The lowest BCUT2D eigenvalue weighted by Crippen LogP contribution is -2.28. The average Bonchev–Trinajstić information content (AvgIpc) is 2.73. The fourth-order valence-corrected chi connectivity index (χ4v) is 3.13. The molecule has 0 bridgehead atoms. The minimum Gasteiger partial charge on any atom is -0.377 e. The maximum atomic E-state index is 11.6. The number of carbonyl (C=O) groups is 2. The van der Waals surface area contributed by atoms with E-state index in [1.54, 1.807) is 24.4 Å². The van der Waals surface area contributed by atoms with Crippen molar-refractivity contribution in [2.45, 2.75) is 65.9 Å². The quantitative estimate of drug-likeness (QED) is 0.584. The molecule has 1 aromatic rings. The Kier molecular flexibility index (Phi) is 13.1. The first-order valence-electron chi connectivity index (χ1n) is 10.8. The van der Waals surface area contributed by atoms with Gasteiger partial charge in [0.15, 0.2) is 0 Å². The zero-order valence-electron chi connectivity index (χ0n) is 18.5. The van der Waals surface area contributed by atoms with E-state index in [1.807, 2.05) is 27.7 Å². The van der Waals surface area contributed by atoms with E-state index in [9.17, 15) is 9.59 Å². The molecule has 6 nitrogen and oxygen atoms in total. The van der Waals surface area contributed by atoms with Crippen molar-refractivity contribution in [2.24, 2.45) is 11.8 Å². The Morgan fingerprint density at radius 3 is 2.41 bits per heavy atom. The molecule has 0 aromatic carbocycles. The molecule has 0 spiro atoms. The highest BCUT2D eigenvalue weighted by molar-refractivity contribution is 5.92. The van der Waals surface area contributed by atoms with Crippen molar-refractivity contribution < 1.29 is 20.5 Å². The molecular weight excluding hydrogens is 368 g/mol. The van der Waals surface area contributed by atoms with Gasteiger partial charge < -0.3 is 14.8 Å². The Hall–Kier alpha value is -1.79. The summed E-state index contributed by atoms with van der Waals surface area (Å²) >= 11 is 0. The molecule has 0 unspecified atom stereocenters. The summed E-state index contributed by atoms with van der Waals surface area (Å²) in [5.74, 6) is 0.962. The lowest BCUT2D eigenvalue weighted by atomic mass is 9.83. The van der Waals surface area contributed by atoms with Crippen LogP contribution >= 0.6 is 0 Å². The number of hydrogen-bond donors (Lipinski definition) is 1. The van der Waals surface area contributed by atoms with Gasteiger partial charge in [0.2, 0.25) is 0 Å². The van der Waals surface area contributed by atoms with Crippen LogP contribution in [0.25, 0.3) is 0 Å². The van der Waals surface area contributed by atoms with E-state index in [-0.39, 0.29) is 19.4 Å². The number of amides is 1. The van der Waals surface area contributed by atoms with E-state index < -0.39 is 0 Å². The van der Waals surface area contributed by atoms with Crippen molar-refractivity contribution in [1.82, 2.24) is 10.3 Å². The van der Waals surface area contributed by atoms with Gasteiger partial charge in [-0.15, -0.1) is 0 Å². The van der Waals surface area contributed by atoms with Crippen molar-refractivity contribution in [3.05, 3.63) is 30.1 Å². The molecule has 166 valence electrons. The fraction of sp³-hybridized carbons (Fsp3) is 0.696. The second-order valence-corrected chi connectivity index (χ2v) is 7.89. The number of ketones is 1. The molecule has 1 saturated carbocycles. The van der Waals surface area contributed by atoms with Crippen LogP contribution in [0.2, 0.25) is 0 Å². The molecule has 0 radical (unpaired) electrons. The molecule has 0 saturated heterocycles. The van der Waals surface area contributed by atoms with Crippen LogP contribution < -0.4 is 5.32 Å². The molecule has 2 rings (SSSR count). The number of rotatable bonds is 10. The highest BCUT2D eigenvalue weighted by Gasteiger charge is 2.22. The van der Waals surface area contributed by atoms with Gasteiger partial charge in [-0.05, 0) is 38.8 Å². The number of nitrogens with one attached hydrogen (secondary N) is 1. The summed E-state index contributed by atoms with van der Waals surface area (Å²) in [6, 6.07) is 5.23. The van der Waals surface area contributed by atoms with Gasteiger partial charge >= 0.3 is 0 Å². The summed E-state index contributed by atoms with van der Waals surface area (Å²) in [6.07, 6.45) is 7.98. The number of nitrogens with zero attached hydrogens (tertiary/aromatic N) is 1. The average molecular weight is 409 g/mol. The van der Waals surface area contributed by atoms with Crippen molar-refractivity contribution in [3.63, 3.8) is 0 Å². The molecule has 1 aromatic heterocycles. The van der Waals surface area contributed by atoms with Gasteiger partial charge in [-0.3, -0.25) is 14.6 Å². The topological polar surface area (TPSA) is 77.5 Å². The van der Waals surface area contributed by atoms with E-state index in [0.29, 0.717) is 43.8 Å². The molecule has 0 atom stereocenters. The Balaban J connectivity index is 0.000000603. The molecule has 6 heteroatoms. The lowest BCUT2D eigenvalue weighted by Gasteiger charge is -2.21. The number of hydrogen-bond acceptors (Lipinski definition) is 5. The van der Waals surface area contributed by atoms with Crippen molar-refractivity contribution in [2.75, 3.05) is 26.4 Å². The maximum Gasteiger partial charge on any atom is 0.269 e. The fourth-order valence-electron chi connectivity index (χ4n) is 3.13. The first-order valence-corrected chi connectivity index (χ1v) is 10.8. The first kappa shape index (κ1) is 25.2. The van der Waals surface area contributed by atoms with Gasteiger partial charge in [0.1, 0.15) is 11.5 Å². The molecule has 1 aliphatic carbocycles. The summed E-state index contributed by atoms with van der Waals surface area (Å²) in [5, 5.41) is 2.73. The zero-order chi connectivity index (χ0) is 21.5. The Morgan fingerprint density at radius 2 is 1.83 bits per heavy atom. The monoisotopic (exact) mass is 408 g/mol. The lowest BCUT2D eigenvalue weighted by molar-refractivity contribution is -0.126. The second-order valence-electron chi connectivity index (χ2n) is 7.89. The zero-order valence-corrected chi connectivity index (χ0v) is 18.5. The number of ether oxygens (including phenoxy) is 2. The van der Waals surface area contributed by atoms with E-state index in [1.165, 1.54) is 19.3 Å². The third-order valence-corrected chi connectivity index (χ3v) is 4.68. The van der Waals surface area contributed by atoms with E-state index in [4.69, 9.17) is 9.47 Å². The van der Waals surface area contributed by atoms with Crippen LogP contribution in [-0.2, 0) is 14.3 Å². The molecule has 1 fully saturated rings. The number of aromatic nitrogens is 1. The maximum absolute atomic E-state index is 11.6. The minimum absolute atomic E-state index is 0. The van der Waals surface area contributed by atoms with Crippen LogP contribution in [0, 0.1) is 11.8 Å². The standard InChI is InChI=1S/C13H20N2O3.C10H18O.H2/c1-11(2)18-10-9-17-8-7-15-13(16)12-5-3-4-6-14-12;1-8(2)10(11)9-6-4-3-5-7-9;/h3-6,11H,7-10H2,1-2H3,(H,15,16);8-9H,3-7H2,1-2H3;1H. The third kappa shape index (κ3) is 11.7. The Labute approximate surface area is 177 Å². The summed E-state index contributed by atoms with van der Waals surface area (Å²) in [7, 11) is 0. The smallest absolute Gasteiger partial charge is 0.269 e. The molecule has 1 amide bonds. The van der Waals surface area contributed by atoms with Gasteiger partial charge in [-0.2, -0.15) is 0 Å². The van der Waals surface area contributed by atoms with Crippen molar-refractivity contribution in [3.8, 4) is 0 Å². The third-order valence-electron chi connectivity index (χ3n) is 4.68. The molecule has 29 heavy (non-hydrogen) atoms. The number of pyridine rings is 1. The predicted molar refractivity (Wildman–Crippen MR) is 117 cm³/mol. The number of carbonyl (C=O) groups excluding carboxylic acids is 2. The van der Waals surface area contributed by atoms with Gasteiger partial charge in [0.05, 0.1) is 25.9 Å². The SMILES string of the molecule is CC(C)C(=O)C1CCCCC1.CC(C)OCCOCCNC(=O)c1ccccn1.[HH]. The van der Waals surface area contributed by atoms with E-state index in [2.05, 4.69) is 10.3 Å². The van der Waals surface area contributed by atoms with Gasteiger partial charge in [-0.25, -0.2) is 0 Å². The highest BCUT2D eigenvalue weighted by atomic mass is 16.5. The molecule has 0 aliphatic heterocycles. The summed E-state index contributed by atoms with van der Waals surface area (Å²) < 4.78 is 10.6. The van der Waals surface area contributed by atoms with Gasteiger partial charge in [0.25, 0.3) is 5.91 Å². The van der Waals surface area contributed by atoms with Crippen LogP contribution in [0.15, 0.2) is 24.4 Å². The number of Topliss-reactive ketones (excluding diaryl/α,β-unsaturated/α-hetero) is 1. The van der Waals surface area contributed by atoms with Gasteiger partial charge in [-0.1, -0.05) is 39.2 Å².